The van der Waals surface area contributed by atoms with Crippen LogP contribution in [-0.4, -0.2) is 21.2 Å². The third-order valence-corrected chi connectivity index (χ3v) is 2.83. The van der Waals surface area contributed by atoms with E-state index in [9.17, 15) is 9.90 Å². The molecule has 19 heavy (non-hydrogen) atoms. The van der Waals surface area contributed by atoms with Gasteiger partial charge in [-0.2, -0.15) is 4.98 Å². The van der Waals surface area contributed by atoms with E-state index in [4.69, 9.17) is 4.52 Å². The predicted octanol–water partition coefficient (Wildman–Crippen LogP) is 3.04. The molecule has 0 saturated heterocycles. The topological polar surface area (TPSA) is 76.2 Å². The fourth-order valence-corrected chi connectivity index (χ4v) is 1.73. The van der Waals surface area contributed by atoms with Gasteiger partial charge < -0.3 is 9.63 Å². The maximum atomic E-state index is 11.2. The Kier molecular flexibility index (Phi) is 3.14. The Bertz CT molecular complexity index is 624. The largest absolute Gasteiger partial charge is 0.478 e. The zero-order chi connectivity index (χ0) is 14.2. The Labute approximate surface area is 111 Å². The van der Waals surface area contributed by atoms with E-state index in [0.29, 0.717) is 17.3 Å². The van der Waals surface area contributed by atoms with Gasteiger partial charge in [-0.1, -0.05) is 25.9 Å². The smallest absolute Gasteiger partial charge is 0.335 e. The summed E-state index contributed by atoms with van der Waals surface area (Å²) in [5.41, 5.74) is 1.65. The fourth-order valence-electron chi connectivity index (χ4n) is 1.73. The minimum Gasteiger partial charge on any atom is -0.478 e. The molecule has 0 fully saturated rings. The molecule has 100 valence electrons. The number of aromatic carboxylic acids is 1. The number of aryl methyl sites for hydroxylation is 1. The van der Waals surface area contributed by atoms with Gasteiger partial charge in [-0.05, 0) is 29.2 Å². The summed E-state index contributed by atoms with van der Waals surface area (Å²) < 4.78 is 4.94. The summed E-state index contributed by atoms with van der Waals surface area (Å²) in [6, 6.07) is 5.14. The lowest BCUT2D eigenvalue weighted by Crippen LogP contribution is -2.13. The first-order valence-corrected chi connectivity index (χ1v) is 5.97. The van der Waals surface area contributed by atoms with Crippen molar-refractivity contribution in [3.63, 3.8) is 0 Å². The molecule has 0 spiro atoms. The van der Waals surface area contributed by atoms with Gasteiger partial charge in [-0.25, -0.2) is 4.79 Å². The van der Waals surface area contributed by atoms with Gasteiger partial charge in [0.15, 0.2) is 0 Å². The van der Waals surface area contributed by atoms with Crippen molar-refractivity contribution >= 4 is 5.97 Å². The van der Waals surface area contributed by atoms with Crippen molar-refractivity contribution in [3.8, 4) is 11.4 Å². The maximum Gasteiger partial charge on any atom is 0.335 e. The number of hydrogen-bond donors (Lipinski definition) is 1. The zero-order valence-corrected chi connectivity index (χ0v) is 11.4. The molecule has 5 heteroatoms. The number of hydrogen-bond acceptors (Lipinski definition) is 4. The minimum atomic E-state index is -0.965. The van der Waals surface area contributed by atoms with Gasteiger partial charge in [0.1, 0.15) is 0 Å². The summed E-state index contributed by atoms with van der Waals surface area (Å²) in [6.45, 7) is 7.78. The molecule has 0 saturated carbocycles. The van der Waals surface area contributed by atoms with Gasteiger partial charge in [-0.15, -0.1) is 0 Å². The molecule has 0 unspecified atom stereocenters. The number of carbonyl (C=O) groups is 1. The highest BCUT2D eigenvalue weighted by Crippen LogP contribution is 2.28. The predicted molar refractivity (Wildman–Crippen MR) is 70.1 cm³/mol. The van der Waals surface area contributed by atoms with E-state index in [1.54, 1.807) is 19.1 Å². The number of aromatic nitrogens is 2. The first-order valence-electron chi connectivity index (χ1n) is 5.97. The lowest BCUT2D eigenvalue weighted by Gasteiger charge is -2.20. The Balaban J connectivity index is 2.61. The van der Waals surface area contributed by atoms with Crippen LogP contribution in [0.1, 0.15) is 42.6 Å². The summed E-state index contributed by atoms with van der Waals surface area (Å²) in [7, 11) is 0. The molecule has 2 aromatic rings. The first kappa shape index (κ1) is 13.3. The molecule has 0 aliphatic rings. The quantitative estimate of drug-likeness (QED) is 0.898. The minimum absolute atomic E-state index is 0.154. The molecular weight excluding hydrogens is 244 g/mol. The zero-order valence-electron chi connectivity index (χ0n) is 11.4. The maximum absolute atomic E-state index is 11.2. The van der Waals surface area contributed by atoms with E-state index in [2.05, 4.69) is 10.1 Å². The molecule has 0 atom stereocenters. The van der Waals surface area contributed by atoms with Crippen LogP contribution in [0.2, 0.25) is 0 Å². The van der Waals surface area contributed by atoms with Crippen molar-refractivity contribution in [2.24, 2.45) is 0 Å². The molecule has 0 aliphatic carbocycles. The van der Waals surface area contributed by atoms with Gasteiger partial charge in [-0.3, -0.25) is 0 Å². The highest BCUT2D eigenvalue weighted by molar-refractivity contribution is 5.89. The van der Waals surface area contributed by atoms with Crippen LogP contribution < -0.4 is 0 Å². The van der Waals surface area contributed by atoms with Crippen LogP contribution in [0.3, 0.4) is 0 Å². The molecule has 0 aliphatic heterocycles. The van der Waals surface area contributed by atoms with E-state index >= 15 is 0 Å². The number of benzene rings is 1. The van der Waals surface area contributed by atoms with E-state index < -0.39 is 5.97 Å². The van der Waals surface area contributed by atoms with E-state index in [-0.39, 0.29) is 11.0 Å². The normalized spacial score (nSPS) is 11.6. The summed E-state index contributed by atoms with van der Waals surface area (Å²) in [6.07, 6.45) is 0. The molecule has 1 aromatic carbocycles. The van der Waals surface area contributed by atoms with Crippen molar-refractivity contribution in [1.29, 1.82) is 0 Å². The SMILES string of the molecule is Cc1nc(-c2cc(C(=O)O)cc(C(C)(C)C)c2)no1. The molecule has 5 nitrogen and oxygen atoms in total. The standard InChI is InChI=1S/C14H16N2O3/c1-8-15-12(16-19-8)9-5-10(13(17)18)7-11(6-9)14(2,3)4/h5-7H,1-4H3,(H,17,18). The Morgan fingerprint density at radius 1 is 1.26 bits per heavy atom. The Hall–Kier alpha value is -2.17. The van der Waals surface area contributed by atoms with E-state index in [1.807, 2.05) is 26.8 Å². The third kappa shape index (κ3) is 2.81. The van der Waals surface area contributed by atoms with Crippen LogP contribution in [0.15, 0.2) is 22.7 Å². The van der Waals surface area contributed by atoms with Crippen molar-refractivity contribution in [1.82, 2.24) is 10.1 Å². The molecule has 1 N–H and O–H groups in total. The van der Waals surface area contributed by atoms with Crippen LogP contribution in [0.5, 0.6) is 0 Å². The molecule has 0 bridgehead atoms. The summed E-state index contributed by atoms with van der Waals surface area (Å²) in [4.78, 5) is 15.3. The van der Waals surface area contributed by atoms with Gasteiger partial charge in [0.05, 0.1) is 5.56 Å². The van der Waals surface area contributed by atoms with Crippen molar-refractivity contribution in [2.75, 3.05) is 0 Å². The van der Waals surface area contributed by atoms with Crippen molar-refractivity contribution in [3.05, 3.63) is 35.2 Å². The van der Waals surface area contributed by atoms with Crippen LogP contribution in [0.4, 0.5) is 0 Å². The number of nitrogens with zero attached hydrogens (tertiary/aromatic N) is 2. The Morgan fingerprint density at radius 2 is 1.95 bits per heavy atom. The van der Waals surface area contributed by atoms with Crippen LogP contribution in [-0.2, 0) is 5.41 Å². The number of carboxylic acid groups (broad SMARTS) is 1. The number of carboxylic acids is 1. The summed E-state index contributed by atoms with van der Waals surface area (Å²) in [5, 5.41) is 13.0. The number of rotatable bonds is 2. The van der Waals surface area contributed by atoms with Crippen LogP contribution >= 0.6 is 0 Å². The molecule has 1 aromatic heterocycles. The highest BCUT2D eigenvalue weighted by atomic mass is 16.5. The lowest BCUT2D eigenvalue weighted by atomic mass is 9.85. The lowest BCUT2D eigenvalue weighted by molar-refractivity contribution is 0.0696. The summed E-state index contributed by atoms with van der Waals surface area (Å²) in [5.74, 6) is -0.105. The third-order valence-electron chi connectivity index (χ3n) is 2.83. The van der Waals surface area contributed by atoms with Gasteiger partial charge in [0.2, 0.25) is 11.7 Å². The first-order chi connectivity index (χ1) is 8.77. The second kappa shape index (κ2) is 4.50. The average molecular weight is 260 g/mol. The van der Waals surface area contributed by atoms with Crippen LogP contribution in [0, 0.1) is 6.92 Å². The van der Waals surface area contributed by atoms with E-state index in [0.717, 1.165) is 5.56 Å². The van der Waals surface area contributed by atoms with Crippen LogP contribution in [0.25, 0.3) is 11.4 Å². The summed E-state index contributed by atoms with van der Waals surface area (Å²) >= 11 is 0. The van der Waals surface area contributed by atoms with Crippen molar-refractivity contribution in [2.45, 2.75) is 33.1 Å². The van der Waals surface area contributed by atoms with Gasteiger partial charge in [0.25, 0.3) is 0 Å². The molecular formula is C14H16N2O3. The highest BCUT2D eigenvalue weighted by Gasteiger charge is 2.19. The molecule has 1 heterocycles. The van der Waals surface area contributed by atoms with Gasteiger partial charge in [0, 0.05) is 12.5 Å². The Morgan fingerprint density at radius 3 is 2.42 bits per heavy atom. The molecule has 0 radical (unpaired) electrons. The van der Waals surface area contributed by atoms with Crippen molar-refractivity contribution < 1.29 is 14.4 Å². The second-order valence-corrected chi connectivity index (χ2v) is 5.49. The second-order valence-electron chi connectivity index (χ2n) is 5.49. The van der Waals surface area contributed by atoms with Gasteiger partial charge >= 0.3 is 5.97 Å². The van der Waals surface area contributed by atoms with E-state index in [1.165, 1.54) is 0 Å². The monoisotopic (exact) mass is 260 g/mol. The average Bonchev–Trinajstić information content (AvgIpc) is 2.74. The molecule has 2 rings (SSSR count). The molecule has 0 amide bonds. The fraction of sp³-hybridized carbons (Fsp3) is 0.357.